The van der Waals surface area contributed by atoms with E-state index in [9.17, 15) is 4.79 Å². The summed E-state index contributed by atoms with van der Waals surface area (Å²) < 4.78 is 0. The van der Waals surface area contributed by atoms with E-state index in [1.807, 2.05) is 13.8 Å². The molecule has 5 heteroatoms. The highest BCUT2D eigenvalue weighted by molar-refractivity contribution is 5.92. The lowest BCUT2D eigenvalue weighted by Gasteiger charge is -2.25. The van der Waals surface area contributed by atoms with Crippen molar-refractivity contribution in [2.75, 3.05) is 13.2 Å². The molecule has 0 radical (unpaired) electrons. The molecule has 0 aliphatic heterocycles. The number of imidazole rings is 1. The van der Waals surface area contributed by atoms with Gasteiger partial charge in [0, 0.05) is 12.6 Å². The average molecular weight is 197 g/mol. The van der Waals surface area contributed by atoms with Crippen LogP contribution in [0.5, 0.6) is 0 Å². The number of nitrogens with zero attached hydrogens (tertiary/aromatic N) is 2. The Kier molecular flexibility index (Phi) is 3.64. The van der Waals surface area contributed by atoms with Gasteiger partial charge in [-0.15, -0.1) is 0 Å². The van der Waals surface area contributed by atoms with Crippen molar-refractivity contribution < 1.29 is 9.90 Å². The van der Waals surface area contributed by atoms with Gasteiger partial charge in [-0.3, -0.25) is 4.79 Å². The van der Waals surface area contributed by atoms with E-state index in [0.29, 0.717) is 12.2 Å². The smallest absolute Gasteiger partial charge is 0.272 e. The molecule has 78 valence electrons. The first-order valence-corrected chi connectivity index (χ1v) is 4.57. The Hall–Kier alpha value is -1.36. The maximum atomic E-state index is 11.8. The predicted octanol–water partition coefficient (Wildman–Crippen LogP) is 0.253. The van der Waals surface area contributed by atoms with E-state index in [0.717, 1.165) is 0 Å². The van der Waals surface area contributed by atoms with Crippen molar-refractivity contribution in [3.05, 3.63) is 18.2 Å². The van der Waals surface area contributed by atoms with Gasteiger partial charge < -0.3 is 15.0 Å². The van der Waals surface area contributed by atoms with Crippen molar-refractivity contribution in [1.29, 1.82) is 0 Å². The number of hydrogen-bond acceptors (Lipinski definition) is 3. The van der Waals surface area contributed by atoms with Crippen molar-refractivity contribution in [3.63, 3.8) is 0 Å². The third-order valence-electron chi connectivity index (χ3n) is 1.95. The lowest BCUT2D eigenvalue weighted by molar-refractivity contribution is 0.0660. The van der Waals surface area contributed by atoms with Crippen molar-refractivity contribution in [2.45, 2.75) is 19.9 Å². The van der Waals surface area contributed by atoms with E-state index in [2.05, 4.69) is 9.97 Å². The SMILES string of the molecule is CC(C)N(CCO)C(=O)c1cnc[nH]1. The fraction of sp³-hybridized carbons (Fsp3) is 0.556. The first-order valence-electron chi connectivity index (χ1n) is 4.57. The molecular weight excluding hydrogens is 182 g/mol. The quantitative estimate of drug-likeness (QED) is 0.727. The molecule has 0 saturated heterocycles. The van der Waals surface area contributed by atoms with E-state index in [-0.39, 0.29) is 18.6 Å². The number of nitrogens with one attached hydrogen (secondary N) is 1. The normalized spacial score (nSPS) is 10.6. The molecule has 0 fully saturated rings. The van der Waals surface area contributed by atoms with Gasteiger partial charge in [-0.05, 0) is 13.8 Å². The Morgan fingerprint density at radius 1 is 1.71 bits per heavy atom. The topological polar surface area (TPSA) is 69.2 Å². The highest BCUT2D eigenvalue weighted by atomic mass is 16.3. The third-order valence-corrected chi connectivity index (χ3v) is 1.95. The van der Waals surface area contributed by atoms with Crippen LogP contribution in [0.1, 0.15) is 24.3 Å². The molecule has 0 bridgehead atoms. The minimum absolute atomic E-state index is 0.0297. The van der Waals surface area contributed by atoms with Crippen LogP contribution in [-0.4, -0.2) is 45.1 Å². The molecule has 1 aromatic rings. The molecule has 0 saturated carbocycles. The van der Waals surface area contributed by atoms with Crippen LogP contribution in [0.15, 0.2) is 12.5 Å². The van der Waals surface area contributed by atoms with E-state index in [4.69, 9.17) is 5.11 Å². The van der Waals surface area contributed by atoms with Gasteiger partial charge >= 0.3 is 0 Å². The predicted molar refractivity (Wildman–Crippen MR) is 51.8 cm³/mol. The van der Waals surface area contributed by atoms with Gasteiger partial charge in [0.2, 0.25) is 0 Å². The highest BCUT2D eigenvalue weighted by Crippen LogP contribution is 2.04. The van der Waals surface area contributed by atoms with Crippen LogP contribution in [0.3, 0.4) is 0 Å². The van der Waals surface area contributed by atoms with Crippen LogP contribution in [0.25, 0.3) is 0 Å². The number of rotatable bonds is 4. The van der Waals surface area contributed by atoms with Crippen LogP contribution in [0.2, 0.25) is 0 Å². The first kappa shape index (κ1) is 10.7. The van der Waals surface area contributed by atoms with E-state index in [1.54, 1.807) is 4.90 Å². The fourth-order valence-electron chi connectivity index (χ4n) is 1.23. The zero-order chi connectivity index (χ0) is 10.6. The summed E-state index contributed by atoms with van der Waals surface area (Å²) in [5.74, 6) is -0.133. The van der Waals surface area contributed by atoms with Crippen molar-refractivity contribution in [2.24, 2.45) is 0 Å². The average Bonchev–Trinajstić information content (AvgIpc) is 2.65. The summed E-state index contributed by atoms with van der Waals surface area (Å²) in [5.41, 5.74) is 0.451. The number of aliphatic hydroxyl groups excluding tert-OH is 1. The summed E-state index contributed by atoms with van der Waals surface area (Å²) in [6.45, 7) is 4.13. The molecule has 0 unspecified atom stereocenters. The minimum atomic E-state index is -0.133. The molecule has 2 N–H and O–H groups in total. The van der Waals surface area contributed by atoms with Crippen molar-refractivity contribution >= 4 is 5.91 Å². The zero-order valence-corrected chi connectivity index (χ0v) is 8.40. The second kappa shape index (κ2) is 4.76. The van der Waals surface area contributed by atoms with Crippen LogP contribution >= 0.6 is 0 Å². The van der Waals surface area contributed by atoms with E-state index >= 15 is 0 Å². The van der Waals surface area contributed by atoms with E-state index in [1.165, 1.54) is 12.5 Å². The number of carbonyl (C=O) groups is 1. The van der Waals surface area contributed by atoms with Gasteiger partial charge in [0.1, 0.15) is 5.69 Å². The molecule has 1 rings (SSSR count). The molecule has 1 heterocycles. The summed E-state index contributed by atoms with van der Waals surface area (Å²) in [7, 11) is 0. The van der Waals surface area contributed by atoms with Crippen LogP contribution in [-0.2, 0) is 0 Å². The summed E-state index contributed by atoms with van der Waals surface area (Å²) in [6, 6.07) is 0.0675. The number of hydrogen-bond donors (Lipinski definition) is 2. The summed E-state index contributed by atoms with van der Waals surface area (Å²) >= 11 is 0. The van der Waals surface area contributed by atoms with Crippen LogP contribution in [0.4, 0.5) is 0 Å². The first-order chi connectivity index (χ1) is 6.66. The summed E-state index contributed by atoms with van der Waals surface area (Å²) in [5, 5.41) is 8.81. The second-order valence-electron chi connectivity index (χ2n) is 3.28. The Balaban J connectivity index is 2.74. The van der Waals surface area contributed by atoms with Gasteiger partial charge in [0.25, 0.3) is 5.91 Å². The second-order valence-corrected chi connectivity index (χ2v) is 3.28. The Morgan fingerprint density at radius 2 is 2.43 bits per heavy atom. The molecule has 14 heavy (non-hydrogen) atoms. The van der Waals surface area contributed by atoms with Crippen molar-refractivity contribution in [1.82, 2.24) is 14.9 Å². The number of aromatic amines is 1. The lowest BCUT2D eigenvalue weighted by atomic mass is 10.3. The standard InChI is InChI=1S/C9H15N3O2/c1-7(2)12(3-4-13)9(14)8-5-10-6-11-8/h5-7,13H,3-4H2,1-2H3,(H,10,11). The Morgan fingerprint density at radius 3 is 2.86 bits per heavy atom. The maximum Gasteiger partial charge on any atom is 0.272 e. The number of aliphatic hydroxyl groups is 1. The van der Waals surface area contributed by atoms with Gasteiger partial charge in [-0.2, -0.15) is 0 Å². The highest BCUT2D eigenvalue weighted by Gasteiger charge is 2.18. The third kappa shape index (κ3) is 2.32. The van der Waals surface area contributed by atoms with Gasteiger partial charge in [0.05, 0.1) is 19.1 Å². The lowest BCUT2D eigenvalue weighted by Crippen LogP contribution is -2.39. The van der Waals surface area contributed by atoms with E-state index < -0.39 is 0 Å². The summed E-state index contributed by atoms with van der Waals surface area (Å²) in [6.07, 6.45) is 2.94. The van der Waals surface area contributed by atoms with Gasteiger partial charge in [-0.1, -0.05) is 0 Å². The summed E-state index contributed by atoms with van der Waals surface area (Å²) in [4.78, 5) is 19.9. The molecule has 1 aromatic heterocycles. The molecule has 0 aliphatic carbocycles. The molecule has 0 aliphatic rings. The van der Waals surface area contributed by atoms with Crippen molar-refractivity contribution in [3.8, 4) is 0 Å². The van der Waals surface area contributed by atoms with Gasteiger partial charge in [-0.25, -0.2) is 4.98 Å². The molecule has 0 atom stereocenters. The molecular formula is C9H15N3O2. The number of H-pyrrole nitrogens is 1. The zero-order valence-electron chi connectivity index (χ0n) is 8.40. The largest absolute Gasteiger partial charge is 0.395 e. The molecule has 1 amide bonds. The molecule has 0 aromatic carbocycles. The Labute approximate surface area is 82.8 Å². The molecule has 0 spiro atoms. The maximum absolute atomic E-state index is 11.8. The number of aromatic nitrogens is 2. The fourth-order valence-corrected chi connectivity index (χ4v) is 1.23. The monoisotopic (exact) mass is 197 g/mol. The Bertz CT molecular complexity index is 282. The molecule has 5 nitrogen and oxygen atoms in total. The number of carbonyl (C=O) groups excluding carboxylic acids is 1. The van der Waals surface area contributed by atoms with Crippen LogP contribution in [0, 0.1) is 0 Å². The van der Waals surface area contributed by atoms with Gasteiger partial charge in [0.15, 0.2) is 0 Å². The minimum Gasteiger partial charge on any atom is -0.395 e. The number of amides is 1. The van der Waals surface area contributed by atoms with Crippen LogP contribution < -0.4 is 0 Å².